The number of carbonyl (C=O) groups is 1. The lowest BCUT2D eigenvalue weighted by atomic mass is 10.2. The van der Waals surface area contributed by atoms with Crippen molar-refractivity contribution < 1.29 is 9.53 Å². The molecule has 104 valence electrons. The predicted molar refractivity (Wildman–Crippen MR) is 73.4 cm³/mol. The molecular formula is C13H20N4O2. The van der Waals surface area contributed by atoms with Gasteiger partial charge in [0, 0.05) is 25.1 Å². The fourth-order valence-corrected chi connectivity index (χ4v) is 1.86. The molecule has 2 rings (SSSR count). The molecule has 6 heteroatoms. The lowest BCUT2D eigenvalue weighted by Gasteiger charge is -2.13. The van der Waals surface area contributed by atoms with E-state index in [0.717, 1.165) is 35.9 Å². The average molecular weight is 264 g/mol. The highest BCUT2D eigenvalue weighted by Gasteiger charge is 2.28. The van der Waals surface area contributed by atoms with E-state index in [1.165, 1.54) is 7.11 Å². The molecule has 1 aromatic rings. The Kier molecular flexibility index (Phi) is 4.19. The summed E-state index contributed by atoms with van der Waals surface area (Å²) in [6.45, 7) is 2.47. The van der Waals surface area contributed by atoms with Crippen LogP contribution < -0.4 is 10.6 Å². The Hall–Kier alpha value is -1.85. The number of ether oxygens (including phenoxy) is 1. The SMILES string of the molecule is CNc1nc(C2CC2)nc(NCCC(=O)OC)c1C. The van der Waals surface area contributed by atoms with Crippen LogP contribution in [-0.2, 0) is 9.53 Å². The summed E-state index contributed by atoms with van der Waals surface area (Å²) in [5, 5.41) is 6.27. The largest absolute Gasteiger partial charge is 0.469 e. The second-order valence-electron chi connectivity index (χ2n) is 4.68. The third kappa shape index (κ3) is 3.33. The first-order valence-corrected chi connectivity index (χ1v) is 6.52. The molecule has 1 aliphatic rings. The molecule has 1 fully saturated rings. The van der Waals surface area contributed by atoms with Crippen molar-refractivity contribution in [2.45, 2.75) is 32.1 Å². The maximum absolute atomic E-state index is 11.1. The zero-order valence-electron chi connectivity index (χ0n) is 11.6. The Balaban J connectivity index is 2.09. The molecule has 0 atom stereocenters. The Labute approximate surface area is 113 Å². The summed E-state index contributed by atoms with van der Waals surface area (Å²) in [7, 11) is 3.24. The second kappa shape index (κ2) is 5.86. The fourth-order valence-electron chi connectivity index (χ4n) is 1.86. The van der Waals surface area contributed by atoms with Crippen LogP contribution in [0.5, 0.6) is 0 Å². The van der Waals surface area contributed by atoms with Gasteiger partial charge in [0.2, 0.25) is 0 Å². The monoisotopic (exact) mass is 264 g/mol. The zero-order valence-corrected chi connectivity index (χ0v) is 11.6. The van der Waals surface area contributed by atoms with Crippen LogP contribution in [0.25, 0.3) is 0 Å². The highest BCUT2D eigenvalue weighted by molar-refractivity contribution is 5.70. The van der Waals surface area contributed by atoms with E-state index in [-0.39, 0.29) is 5.97 Å². The summed E-state index contributed by atoms with van der Waals surface area (Å²) in [6.07, 6.45) is 2.65. The first-order chi connectivity index (χ1) is 9.15. The van der Waals surface area contributed by atoms with Crippen LogP contribution in [0.3, 0.4) is 0 Å². The Morgan fingerprint density at radius 2 is 2.05 bits per heavy atom. The molecular weight excluding hydrogens is 244 g/mol. The van der Waals surface area contributed by atoms with Gasteiger partial charge in [-0.15, -0.1) is 0 Å². The van der Waals surface area contributed by atoms with Gasteiger partial charge in [-0.25, -0.2) is 9.97 Å². The van der Waals surface area contributed by atoms with Crippen molar-refractivity contribution >= 4 is 17.6 Å². The number of carbonyl (C=O) groups excluding carboxylic acids is 1. The van der Waals surface area contributed by atoms with Gasteiger partial charge in [-0.3, -0.25) is 4.79 Å². The molecule has 6 nitrogen and oxygen atoms in total. The first kappa shape index (κ1) is 13.6. The van der Waals surface area contributed by atoms with Crippen LogP contribution in [0.1, 0.15) is 36.6 Å². The Morgan fingerprint density at radius 1 is 1.37 bits per heavy atom. The molecule has 0 aromatic carbocycles. The number of anilines is 2. The summed E-state index contributed by atoms with van der Waals surface area (Å²) in [5.74, 6) is 2.79. The number of hydrogen-bond donors (Lipinski definition) is 2. The van der Waals surface area contributed by atoms with Gasteiger partial charge in [0.15, 0.2) is 0 Å². The van der Waals surface area contributed by atoms with Crippen LogP contribution in [0.2, 0.25) is 0 Å². The molecule has 0 spiro atoms. The van der Waals surface area contributed by atoms with Crippen molar-refractivity contribution in [3.8, 4) is 0 Å². The maximum atomic E-state index is 11.1. The highest BCUT2D eigenvalue weighted by Crippen LogP contribution is 2.39. The Bertz CT molecular complexity index is 472. The van der Waals surface area contributed by atoms with Gasteiger partial charge >= 0.3 is 5.97 Å². The normalized spacial score (nSPS) is 14.1. The molecule has 0 bridgehead atoms. The van der Waals surface area contributed by atoms with Gasteiger partial charge in [0.1, 0.15) is 17.5 Å². The topological polar surface area (TPSA) is 76.1 Å². The lowest BCUT2D eigenvalue weighted by Crippen LogP contribution is -2.13. The van der Waals surface area contributed by atoms with Crippen molar-refractivity contribution in [2.75, 3.05) is 31.3 Å². The number of esters is 1. The molecule has 1 aromatic heterocycles. The maximum Gasteiger partial charge on any atom is 0.307 e. The van der Waals surface area contributed by atoms with Crippen molar-refractivity contribution in [1.29, 1.82) is 0 Å². The Morgan fingerprint density at radius 3 is 2.63 bits per heavy atom. The molecule has 2 N–H and O–H groups in total. The fraction of sp³-hybridized carbons (Fsp3) is 0.615. The van der Waals surface area contributed by atoms with Gasteiger partial charge in [-0.05, 0) is 19.8 Å². The van der Waals surface area contributed by atoms with Crippen LogP contribution in [0.15, 0.2) is 0 Å². The molecule has 1 saturated carbocycles. The molecule has 1 aliphatic carbocycles. The van der Waals surface area contributed by atoms with Crippen molar-refractivity contribution in [3.63, 3.8) is 0 Å². The van der Waals surface area contributed by atoms with Crippen LogP contribution in [0, 0.1) is 6.92 Å². The minimum Gasteiger partial charge on any atom is -0.469 e. The molecule has 0 aliphatic heterocycles. The van der Waals surface area contributed by atoms with Gasteiger partial charge in [-0.2, -0.15) is 0 Å². The van der Waals surface area contributed by atoms with E-state index in [2.05, 4.69) is 25.3 Å². The van der Waals surface area contributed by atoms with Crippen molar-refractivity contribution in [3.05, 3.63) is 11.4 Å². The van der Waals surface area contributed by atoms with E-state index < -0.39 is 0 Å². The molecule has 0 radical (unpaired) electrons. The third-order valence-corrected chi connectivity index (χ3v) is 3.19. The lowest BCUT2D eigenvalue weighted by molar-refractivity contribution is -0.140. The van der Waals surface area contributed by atoms with Crippen molar-refractivity contribution in [1.82, 2.24) is 9.97 Å². The number of methoxy groups -OCH3 is 1. The van der Waals surface area contributed by atoms with E-state index in [9.17, 15) is 4.79 Å². The van der Waals surface area contributed by atoms with E-state index in [1.54, 1.807) is 0 Å². The third-order valence-electron chi connectivity index (χ3n) is 3.19. The molecule has 0 unspecified atom stereocenters. The summed E-state index contributed by atoms with van der Waals surface area (Å²) in [6, 6.07) is 0. The van der Waals surface area contributed by atoms with E-state index >= 15 is 0 Å². The zero-order chi connectivity index (χ0) is 13.8. The average Bonchev–Trinajstić information content (AvgIpc) is 3.24. The summed E-state index contributed by atoms with van der Waals surface area (Å²) >= 11 is 0. The van der Waals surface area contributed by atoms with E-state index in [4.69, 9.17) is 0 Å². The van der Waals surface area contributed by atoms with Gasteiger partial charge in [0.05, 0.1) is 13.5 Å². The number of hydrogen-bond acceptors (Lipinski definition) is 6. The predicted octanol–water partition coefficient (Wildman–Crippen LogP) is 1.68. The van der Waals surface area contributed by atoms with Crippen LogP contribution in [-0.4, -0.2) is 36.6 Å². The minimum absolute atomic E-state index is 0.226. The van der Waals surface area contributed by atoms with E-state index in [1.807, 2.05) is 14.0 Å². The summed E-state index contributed by atoms with van der Waals surface area (Å²) in [4.78, 5) is 20.2. The second-order valence-corrected chi connectivity index (χ2v) is 4.68. The standard InChI is InChI=1S/C13H20N4O2/c1-8-11(14-2)16-13(9-4-5-9)17-12(8)15-7-6-10(18)19-3/h9H,4-7H2,1-3H3,(H2,14,15,16,17). The first-order valence-electron chi connectivity index (χ1n) is 6.52. The number of aromatic nitrogens is 2. The highest BCUT2D eigenvalue weighted by atomic mass is 16.5. The summed E-state index contributed by atoms with van der Waals surface area (Å²) < 4.78 is 4.61. The number of rotatable bonds is 6. The van der Waals surface area contributed by atoms with Gasteiger partial charge in [0.25, 0.3) is 0 Å². The minimum atomic E-state index is -0.226. The smallest absolute Gasteiger partial charge is 0.307 e. The molecule has 0 amide bonds. The van der Waals surface area contributed by atoms with E-state index in [0.29, 0.717) is 18.9 Å². The van der Waals surface area contributed by atoms with Crippen LogP contribution in [0.4, 0.5) is 11.6 Å². The molecule has 1 heterocycles. The van der Waals surface area contributed by atoms with Gasteiger partial charge in [-0.1, -0.05) is 0 Å². The van der Waals surface area contributed by atoms with Crippen molar-refractivity contribution in [2.24, 2.45) is 0 Å². The quantitative estimate of drug-likeness (QED) is 0.761. The number of nitrogens with one attached hydrogen (secondary N) is 2. The summed E-state index contributed by atoms with van der Waals surface area (Å²) in [5.41, 5.74) is 0.969. The number of nitrogens with zero attached hydrogens (tertiary/aromatic N) is 2. The molecule has 0 saturated heterocycles. The molecule has 19 heavy (non-hydrogen) atoms. The van der Waals surface area contributed by atoms with Crippen LogP contribution >= 0.6 is 0 Å². The van der Waals surface area contributed by atoms with Gasteiger partial charge < -0.3 is 15.4 Å².